The third-order valence-electron chi connectivity index (χ3n) is 2.69. The summed E-state index contributed by atoms with van der Waals surface area (Å²) in [4.78, 5) is 11.8. The van der Waals surface area contributed by atoms with E-state index in [0.717, 1.165) is 5.56 Å². The van der Waals surface area contributed by atoms with Gasteiger partial charge in [0.05, 0.1) is 5.71 Å². The molecule has 0 saturated carbocycles. The molecule has 0 unspecified atom stereocenters. The number of nitrogens with one attached hydrogen (secondary N) is 1. The summed E-state index contributed by atoms with van der Waals surface area (Å²) in [6.45, 7) is 1.77. The Kier molecular flexibility index (Phi) is 4.48. The third kappa shape index (κ3) is 3.65. The van der Waals surface area contributed by atoms with Gasteiger partial charge in [0.2, 0.25) is 0 Å². The van der Waals surface area contributed by atoms with Crippen LogP contribution in [-0.2, 0) is 0 Å². The van der Waals surface area contributed by atoms with Crippen molar-refractivity contribution in [2.45, 2.75) is 6.92 Å². The van der Waals surface area contributed by atoms with Crippen LogP contribution in [-0.4, -0.2) is 11.6 Å². The fourth-order valence-electron chi connectivity index (χ4n) is 1.56. The van der Waals surface area contributed by atoms with Crippen molar-refractivity contribution < 1.29 is 9.18 Å². The summed E-state index contributed by atoms with van der Waals surface area (Å²) in [5.74, 6) is -0.777. The zero-order valence-electron chi connectivity index (χ0n) is 10.7. The highest BCUT2D eigenvalue weighted by Gasteiger charge is 2.05. The van der Waals surface area contributed by atoms with E-state index in [2.05, 4.69) is 10.5 Å². The number of hydrogen-bond acceptors (Lipinski definition) is 2. The van der Waals surface area contributed by atoms with Crippen LogP contribution in [0.5, 0.6) is 0 Å². The van der Waals surface area contributed by atoms with Crippen LogP contribution in [0.1, 0.15) is 22.8 Å². The van der Waals surface area contributed by atoms with Gasteiger partial charge in [-0.25, -0.2) is 9.82 Å². The Labute approximate surface area is 121 Å². The van der Waals surface area contributed by atoms with Crippen molar-refractivity contribution in [3.8, 4) is 0 Å². The molecule has 0 aromatic heterocycles. The second-order valence-corrected chi connectivity index (χ2v) is 4.59. The Hall–Kier alpha value is -2.20. The molecule has 5 heteroatoms. The fourth-order valence-corrected chi connectivity index (χ4v) is 1.68. The normalized spacial score (nSPS) is 11.2. The average Bonchev–Trinajstić information content (AvgIpc) is 2.46. The number of benzene rings is 2. The van der Waals surface area contributed by atoms with E-state index in [9.17, 15) is 9.18 Å². The topological polar surface area (TPSA) is 41.5 Å². The number of carbonyl (C=O) groups excluding carboxylic acids is 1. The van der Waals surface area contributed by atoms with E-state index >= 15 is 0 Å². The predicted octanol–water partition coefficient (Wildman–Crippen LogP) is 3.63. The van der Waals surface area contributed by atoms with Crippen LogP contribution in [0.2, 0.25) is 5.02 Å². The lowest BCUT2D eigenvalue weighted by atomic mass is 10.1. The van der Waals surface area contributed by atoms with Crippen LogP contribution in [0.15, 0.2) is 53.6 Å². The van der Waals surface area contributed by atoms with E-state index < -0.39 is 5.91 Å². The smallest absolute Gasteiger partial charge is 0.267 e. The molecule has 0 heterocycles. The molecule has 1 amide bonds. The molecule has 0 spiro atoms. The lowest BCUT2D eigenvalue weighted by Gasteiger charge is -2.03. The van der Waals surface area contributed by atoms with E-state index in [1.54, 1.807) is 19.1 Å². The minimum atomic E-state index is -0.390. The Bertz CT molecular complexity index is 636. The van der Waals surface area contributed by atoms with Crippen molar-refractivity contribution in [3.05, 3.63) is 70.5 Å². The standard InChI is InChI=1S/C15H12ClFN2O/c1-10(11-2-6-13(16)7-3-11)18-19-15(20)12-4-8-14(17)9-5-12/h2-9H,1H3,(H,19,20)/b18-10-. The van der Waals surface area contributed by atoms with E-state index in [0.29, 0.717) is 16.3 Å². The van der Waals surface area contributed by atoms with Gasteiger partial charge in [-0.1, -0.05) is 23.7 Å². The van der Waals surface area contributed by atoms with Gasteiger partial charge in [0.1, 0.15) is 5.82 Å². The SMILES string of the molecule is C/C(=N/NC(=O)c1ccc(F)cc1)c1ccc(Cl)cc1. The summed E-state index contributed by atoms with van der Waals surface area (Å²) in [6, 6.07) is 12.4. The largest absolute Gasteiger partial charge is 0.271 e. The molecule has 20 heavy (non-hydrogen) atoms. The minimum Gasteiger partial charge on any atom is -0.267 e. The van der Waals surface area contributed by atoms with Crippen molar-refractivity contribution in [1.82, 2.24) is 5.43 Å². The lowest BCUT2D eigenvalue weighted by Crippen LogP contribution is -2.19. The Morgan fingerprint density at radius 3 is 2.20 bits per heavy atom. The van der Waals surface area contributed by atoms with Gasteiger partial charge in [-0.3, -0.25) is 4.79 Å². The van der Waals surface area contributed by atoms with Gasteiger partial charge < -0.3 is 0 Å². The number of nitrogens with zero attached hydrogens (tertiary/aromatic N) is 1. The van der Waals surface area contributed by atoms with Gasteiger partial charge in [0, 0.05) is 10.6 Å². The fraction of sp³-hybridized carbons (Fsp3) is 0.0667. The molecule has 0 atom stereocenters. The number of hydrazone groups is 1. The Morgan fingerprint density at radius 2 is 1.60 bits per heavy atom. The second-order valence-electron chi connectivity index (χ2n) is 4.15. The number of carbonyl (C=O) groups is 1. The molecule has 2 aromatic rings. The summed E-state index contributed by atoms with van der Waals surface area (Å²) in [6.07, 6.45) is 0. The van der Waals surface area contributed by atoms with Crippen molar-refractivity contribution >= 4 is 23.2 Å². The second kappa shape index (κ2) is 6.30. The zero-order valence-corrected chi connectivity index (χ0v) is 11.5. The summed E-state index contributed by atoms with van der Waals surface area (Å²) in [7, 11) is 0. The molecule has 0 radical (unpaired) electrons. The molecule has 102 valence electrons. The number of halogens is 2. The van der Waals surface area contributed by atoms with Crippen LogP contribution >= 0.6 is 11.6 Å². The first-order chi connectivity index (χ1) is 9.56. The molecule has 0 fully saturated rings. The van der Waals surface area contributed by atoms with Crippen LogP contribution in [0.25, 0.3) is 0 Å². The minimum absolute atomic E-state index is 0.346. The van der Waals surface area contributed by atoms with Crippen LogP contribution in [0.3, 0.4) is 0 Å². The van der Waals surface area contributed by atoms with Crippen LogP contribution in [0.4, 0.5) is 4.39 Å². The number of hydrogen-bond donors (Lipinski definition) is 1. The quantitative estimate of drug-likeness (QED) is 0.680. The molecule has 0 aliphatic heterocycles. The lowest BCUT2D eigenvalue weighted by molar-refractivity contribution is 0.0955. The zero-order chi connectivity index (χ0) is 14.5. The maximum atomic E-state index is 12.7. The maximum absolute atomic E-state index is 12.7. The van der Waals surface area contributed by atoms with Crippen molar-refractivity contribution in [2.75, 3.05) is 0 Å². The number of rotatable bonds is 3. The van der Waals surface area contributed by atoms with Gasteiger partial charge in [-0.05, 0) is 48.9 Å². The van der Waals surface area contributed by atoms with Gasteiger partial charge in [-0.2, -0.15) is 5.10 Å². The van der Waals surface area contributed by atoms with E-state index in [1.165, 1.54) is 24.3 Å². The molecule has 2 aromatic carbocycles. The summed E-state index contributed by atoms with van der Waals surface area (Å²) < 4.78 is 12.7. The average molecular weight is 291 g/mol. The van der Waals surface area contributed by atoms with Gasteiger partial charge in [-0.15, -0.1) is 0 Å². The first kappa shape index (κ1) is 14.2. The molecule has 0 aliphatic carbocycles. The predicted molar refractivity (Wildman–Crippen MR) is 77.5 cm³/mol. The summed E-state index contributed by atoms with van der Waals surface area (Å²) >= 11 is 5.80. The van der Waals surface area contributed by atoms with Gasteiger partial charge in [0.25, 0.3) is 5.91 Å². The Morgan fingerprint density at radius 1 is 1.05 bits per heavy atom. The molecular formula is C15H12ClFN2O. The monoisotopic (exact) mass is 290 g/mol. The third-order valence-corrected chi connectivity index (χ3v) is 2.95. The first-order valence-corrected chi connectivity index (χ1v) is 6.30. The van der Waals surface area contributed by atoms with Crippen LogP contribution in [0, 0.1) is 5.82 Å². The first-order valence-electron chi connectivity index (χ1n) is 5.92. The molecule has 3 nitrogen and oxygen atoms in total. The van der Waals surface area contributed by atoms with Crippen molar-refractivity contribution in [1.29, 1.82) is 0 Å². The van der Waals surface area contributed by atoms with E-state index in [4.69, 9.17) is 11.6 Å². The molecule has 2 rings (SSSR count). The summed E-state index contributed by atoms with van der Waals surface area (Å²) in [5.41, 5.74) is 4.28. The van der Waals surface area contributed by atoms with Crippen molar-refractivity contribution in [3.63, 3.8) is 0 Å². The van der Waals surface area contributed by atoms with E-state index in [1.807, 2.05) is 12.1 Å². The molecule has 1 N–H and O–H groups in total. The molecule has 0 bridgehead atoms. The highest BCUT2D eigenvalue weighted by molar-refractivity contribution is 6.30. The highest BCUT2D eigenvalue weighted by atomic mass is 35.5. The number of amides is 1. The maximum Gasteiger partial charge on any atom is 0.271 e. The molecular weight excluding hydrogens is 279 g/mol. The summed E-state index contributed by atoms with van der Waals surface area (Å²) in [5, 5.41) is 4.64. The van der Waals surface area contributed by atoms with Crippen molar-refractivity contribution in [2.24, 2.45) is 5.10 Å². The van der Waals surface area contributed by atoms with E-state index in [-0.39, 0.29) is 5.82 Å². The molecule has 0 aliphatic rings. The highest BCUT2D eigenvalue weighted by Crippen LogP contribution is 2.10. The Balaban J connectivity index is 2.06. The van der Waals surface area contributed by atoms with Crippen LogP contribution < -0.4 is 5.43 Å². The molecule has 0 saturated heterocycles. The van der Waals surface area contributed by atoms with Gasteiger partial charge >= 0.3 is 0 Å². The van der Waals surface area contributed by atoms with Gasteiger partial charge in [0.15, 0.2) is 0 Å².